The molecule has 94 valence electrons. The Kier molecular flexibility index (Phi) is 3.15. The van der Waals surface area contributed by atoms with Crippen molar-refractivity contribution >= 4 is 44.9 Å². The number of halogens is 1. The van der Waals surface area contributed by atoms with Crippen LogP contribution in [0.15, 0.2) is 42.0 Å². The first kappa shape index (κ1) is 12.1. The minimum absolute atomic E-state index is 0.220. The van der Waals surface area contributed by atoms with Crippen LogP contribution in [0.1, 0.15) is 10.4 Å². The molecule has 0 unspecified atom stereocenters. The summed E-state index contributed by atoms with van der Waals surface area (Å²) in [4.78, 5) is 21.2. The molecular weight excluding hydrogens is 282 g/mol. The molecule has 0 radical (unpaired) electrons. The Morgan fingerprint density at radius 3 is 2.74 bits per heavy atom. The Morgan fingerprint density at radius 1 is 1.16 bits per heavy atom. The van der Waals surface area contributed by atoms with Gasteiger partial charge >= 0.3 is 0 Å². The van der Waals surface area contributed by atoms with Crippen LogP contribution >= 0.6 is 22.9 Å². The van der Waals surface area contributed by atoms with Gasteiger partial charge in [-0.1, -0.05) is 11.6 Å². The van der Waals surface area contributed by atoms with Gasteiger partial charge in [0.05, 0.1) is 5.39 Å². The van der Waals surface area contributed by atoms with Gasteiger partial charge in [0.25, 0.3) is 5.91 Å². The topological polar surface area (TPSA) is 54.9 Å². The molecule has 0 aliphatic heterocycles. The van der Waals surface area contributed by atoms with Crippen molar-refractivity contribution < 1.29 is 4.79 Å². The third-order valence-electron chi connectivity index (χ3n) is 2.60. The van der Waals surface area contributed by atoms with E-state index in [0.717, 1.165) is 10.2 Å². The molecule has 1 amide bonds. The zero-order valence-electron chi connectivity index (χ0n) is 9.63. The third kappa shape index (κ3) is 2.43. The van der Waals surface area contributed by atoms with Crippen LogP contribution in [0.25, 0.3) is 10.2 Å². The number of anilines is 1. The molecule has 4 nitrogen and oxygen atoms in total. The number of fused-ring (bicyclic) bond motifs is 1. The molecule has 0 bridgehead atoms. The van der Waals surface area contributed by atoms with Crippen LogP contribution in [0.3, 0.4) is 0 Å². The monoisotopic (exact) mass is 289 g/mol. The number of hydrogen-bond donors (Lipinski definition) is 1. The van der Waals surface area contributed by atoms with E-state index >= 15 is 0 Å². The molecule has 1 aromatic carbocycles. The highest BCUT2D eigenvalue weighted by molar-refractivity contribution is 7.16. The summed E-state index contributed by atoms with van der Waals surface area (Å²) in [6.07, 6.45) is 1.44. The molecule has 0 atom stereocenters. The standard InChI is InChI=1S/C13H8ClN3OS/c14-9-3-1-8(2-4-9)12(18)17-11-10-5-6-19-13(10)16-7-15-11/h1-7H,(H,15,16,17,18). The van der Waals surface area contributed by atoms with Crippen molar-refractivity contribution in [2.45, 2.75) is 0 Å². The summed E-state index contributed by atoms with van der Waals surface area (Å²) >= 11 is 7.30. The van der Waals surface area contributed by atoms with Gasteiger partial charge in [0.1, 0.15) is 17.0 Å². The predicted molar refractivity (Wildman–Crippen MR) is 76.8 cm³/mol. The van der Waals surface area contributed by atoms with Crippen LogP contribution in [0.5, 0.6) is 0 Å². The van der Waals surface area contributed by atoms with Crippen molar-refractivity contribution in [3.63, 3.8) is 0 Å². The summed E-state index contributed by atoms with van der Waals surface area (Å²) in [6.45, 7) is 0. The number of carbonyl (C=O) groups excluding carboxylic acids is 1. The highest BCUT2D eigenvalue weighted by Gasteiger charge is 2.10. The molecular formula is C13H8ClN3OS. The van der Waals surface area contributed by atoms with Crippen molar-refractivity contribution in [2.75, 3.05) is 5.32 Å². The maximum absolute atomic E-state index is 12.1. The number of amides is 1. The summed E-state index contributed by atoms with van der Waals surface area (Å²) < 4.78 is 0. The number of carbonyl (C=O) groups is 1. The molecule has 0 aliphatic carbocycles. The van der Waals surface area contributed by atoms with E-state index in [-0.39, 0.29) is 5.91 Å². The molecule has 0 saturated carbocycles. The van der Waals surface area contributed by atoms with E-state index in [1.807, 2.05) is 11.4 Å². The van der Waals surface area contributed by atoms with Crippen LogP contribution in [0, 0.1) is 0 Å². The minimum Gasteiger partial charge on any atom is -0.306 e. The second-order valence-electron chi connectivity index (χ2n) is 3.82. The Balaban J connectivity index is 1.90. The average Bonchev–Trinajstić information content (AvgIpc) is 2.89. The van der Waals surface area contributed by atoms with Crippen LogP contribution in [-0.4, -0.2) is 15.9 Å². The van der Waals surface area contributed by atoms with Crippen LogP contribution in [0.4, 0.5) is 5.82 Å². The zero-order chi connectivity index (χ0) is 13.2. The molecule has 2 aromatic heterocycles. The molecule has 3 rings (SSSR count). The lowest BCUT2D eigenvalue weighted by atomic mass is 10.2. The van der Waals surface area contributed by atoms with Crippen LogP contribution < -0.4 is 5.32 Å². The molecule has 0 aliphatic rings. The fourth-order valence-electron chi connectivity index (χ4n) is 1.67. The fourth-order valence-corrected chi connectivity index (χ4v) is 2.53. The molecule has 0 saturated heterocycles. The van der Waals surface area contributed by atoms with Gasteiger partial charge in [-0.3, -0.25) is 4.79 Å². The average molecular weight is 290 g/mol. The Hall–Kier alpha value is -1.98. The van der Waals surface area contributed by atoms with Gasteiger partial charge in [0.2, 0.25) is 0 Å². The number of benzene rings is 1. The van der Waals surface area contributed by atoms with Gasteiger partial charge in [0, 0.05) is 10.6 Å². The molecule has 2 heterocycles. The fraction of sp³-hybridized carbons (Fsp3) is 0. The maximum Gasteiger partial charge on any atom is 0.256 e. The second kappa shape index (κ2) is 4.95. The number of thiophene rings is 1. The maximum atomic E-state index is 12.1. The van der Waals surface area contributed by atoms with Crippen LogP contribution in [-0.2, 0) is 0 Å². The highest BCUT2D eigenvalue weighted by atomic mass is 35.5. The van der Waals surface area contributed by atoms with Gasteiger partial charge in [-0.25, -0.2) is 9.97 Å². The molecule has 19 heavy (non-hydrogen) atoms. The first-order valence-corrected chi connectivity index (χ1v) is 6.75. The lowest BCUT2D eigenvalue weighted by molar-refractivity contribution is 0.102. The summed E-state index contributed by atoms with van der Waals surface area (Å²) in [6, 6.07) is 8.58. The third-order valence-corrected chi connectivity index (χ3v) is 3.67. The Bertz CT molecular complexity index is 739. The van der Waals surface area contributed by atoms with Crippen molar-refractivity contribution in [3.8, 4) is 0 Å². The van der Waals surface area contributed by atoms with Gasteiger partial charge in [-0.2, -0.15) is 0 Å². The summed E-state index contributed by atoms with van der Waals surface area (Å²) in [5.74, 6) is 0.300. The summed E-state index contributed by atoms with van der Waals surface area (Å²) in [5.41, 5.74) is 0.534. The van der Waals surface area contributed by atoms with Crippen molar-refractivity contribution in [1.29, 1.82) is 0 Å². The van der Waals surface area contributed by atoms with E-state index in [2.05, 4.69) is 15.3 Å². The van der Waals surface area contributed by atoms with E-state index in [0.29, 0.717) is 16.4 Å². The van der Waals surface area contributed by atoms with Gasteiger partial charge in [-0.15, -0.1) is 11.3 Å². The van der Waals surface area contributed by atoms with Gasteiger partial charge in [0.15, 0.2) is 0 Å². The number of nitrogens with one attached hydrogen (secondary N) is 1. The zero-order valence-corrected chi connectivity index (χ0v) is 11.2. The number of rotatable bonds is 2. The minimum atomic E-state index is -0.220. The van der Waals surface area contributed by atoms with E-state index in [1.165, 1.54) is 17.7 Å². The molecule has 0 spiro atoms. The summed E-state index contributed by atoms with van der Waals surface area (Å²) in [7, 11) is 0. The number of nitrogens with zero attached hydrogens (tertiary/aromatic N) is 2. The highest BCUT2D eigenvalue weighted by Crippen LogP contribution is 2.24. The van der Waals surface area contributed by atoms with E-state index in [4.69, 9.17) is 11.6 Å². The number of aromatic nitrogens is 2. The van der Waals surface area contributed by atoms with Crippen molar-refractivity contribution in [1.82, 2.24) is 9.97 Å². The first-order valence-electron chi connectivity index (χ1n) is 5.49. The molecule has 1 N–H and O–H groups in total. The number of hydrogen-bond acceptors (Lipinski definition) is 4. The molecule has 0 fully saturated rings. The van der Waals surface area contributed by atoms with E-state index in [9.17, 15) is 4.79 Å². The lowest BCUT2D eigenvalue weighted by Crippen LogP contribution is -2.13. The molecule has 3 aromatic rings. The smallest absolute Gasteiger partial charge is 0.256 e. The Morgan fingerprint density at radius 2 is 1.95 bits per heavy atom. The van der Waals surface area contributed by atoms with Gasteiger partial charge in [-0.05, 0) is 35.7 Å². The van der Waals surface area contributed by atoms with E-state index in [1.54, 1.807) is 24.3 Å². The summed E-state index contributed by atoms with van der Waals surface area (Å²) in [5, 5.41) is 6.13. The normalized spacial score (nSPS) is 10.6. The predicted octanol–water partition coefficient (Wildman–Crippen LogP) is 3.60. The largest absolute Gasteiger partial charge is 0.306 e. The lowest BCUT2D eigenvalue weighted by Gasteiger charge is -2.05. The SMILES string of the molecule is O=C(Nc1ncnc2sccc12)c1ccc(Cl)cc1. The van der Waals surface area contributed by atoms with Gasteiger partial charge < -0.3 is 5.32 Å². The first-order chi connectivity index (χ1) is 9.24. The Labute approximate surface area is 118 Å². The van der Waals surface area contributed by atoms with Crippen LogP contribution in [0.2, 0.25) is 5.02 Å². The second-order valence-corrected chi connectivity index (χ2v) is 5.15. The molecule has 6 heteroatoms. The van der Waals surface area contributed by atoms with Crippen molar-refractivity contribution in [2.24, 2.45) is 0 Å². The quantitative estimate of drug-likeness (QED) is 0.784. The van der Waals surface area contributed by atoms with Crippen molar-refractivity contribution in [3.05, 3.63) is 52.6 Å². The van der Waals surface area contributed by atoms with E-state index < -0.39 is 0 Å².